The van der Waals surface area contributed by atoms with E-state index in [2.05, 4.69) is 22.2 Å². The van der Waals surface area contributed by atoms with E-state index in [1.54, 1.807) is 11.8 Å². The van der Waals surface area contributed by atoms with Crippen LogP contribution >= 0.6 is 11.8 Å². The van der Waals surface area contributed by atoms with Crippen LogP contribution in [0.1, 0.15) is 46.5 Å². The highest BCUT2D eigenvalue weighted by Crippen LogP contribution is 2.29. The van der Waals surface area contributed by atoms with Crippen LogP contribution in [0.25, 0.3) is 11.0 Å². The van der Waals surface area contributed by atoms with E-state index in [0.29, 0.717) is 13.1 Å². The van der Waals surface area contributed by atoms with E-state index in [-0.39, 0.29) is 11.8 Å². The van der Waals surface area contributed by atoms with Gasteiger partial charge in [0.25, 0.3) is 0 Å². The molecule has 1 aliphatic rings. The number of aromatic nitrogens is 4. The number of piperidine rings is 1. The summed E-state index contributed by atoms with van der Waals surface area (Å²) in [5.41, 5.74) is 0.864. The van der Waals surface area contributed by atoms with Gasteiger partial charge in [-0.3, -0.25) is 4.79 Å². The Morgan fingerprint density at radius 1 is 1.26 bits per heavy atom. The van der Waals surface area contributed by atoms with E-state index in [9.17, 15) is 4.79 Å². The maximum absolute atomic E-state index is 11.8. The van der Waals surface area contributed by atoms with Crippen molar-refractivity contribution in [2.45, 2.75) is 58.2 Å². The highest BCUT2D eigenvalue weighted by Gasteiger charge is 2.20. The Morgan fingerprint density at radius 2 is 2.04 bits per heavy atom. The first-order chi connectivity index (χ1) is 13.1. The number of rotatable bonds is 8. The zero-order valence-corrected chi connectivity index (χ0v) is 17.4. The van der Waals surface area contributed by atoms with Crippen molar-refractivity contribution in [2.75, 3.05) is 30.3 Å². The van der Waals surface area contributed by atoms with Gasteiger partial charge in [0.2, 0.25) is 5.91 Å². The van der Waals surface area contributed by atoms with Gasteiger partial charge in [0, 0.05) is 31.3 Å². The van der Waals surface area contributed by atoms with Crippen molar-refractivity contribution < 1.29 is 4.79 Å². The summed E-state index contributed by atoms with van der Waals surface area (Å²) in [7, 11) is 0. The molecule has 148 valence electrons. The SMILES string of the molecule is CCCSc1nc(N2CCCCC2)c2cnn(CCNC(=O)C(C)C)c2n1. The molecule has 3 rings (SSSR count). The fraction of sp³-hybridized carbons (Fsp3) is 0.684. The molecule has 2 aromatic rings. The Balaban J connectivity index is 1.85. The molecular weight excluding hydrogens is 360 g/mol. The molecule has 3 heterocycles. The summed E-state index contributed by atoms with van der Waals surface area (Å²) in [5, 5.41) is 9.32. The molecule has 0 atom stereocenters. The van der Waals surface area contributed by atoms with Crippen LogP contribution in [0.2, 0.25) is 0 Å². The van der Waals surface area contributed by atoms with Crippen molar-refractivity contribution in [1.82, 2.24) is 25.1 Å². The van der Waals surface area contributed by atoms with Gasteiger partial charge in [-0.1, -0.05) is 32.5 Å². The molecule has 1 aliphatic heterocycles. The van der Waals surface area contributed by atoms with Crippen molar-refractivity contribution in [1.29, 1.82) is 0 Å². The smallest absolute Gasteiger partial charge is 0.222 e. The number of carbonyl (C=O) groups is 1. The third-order valence-electron chi connectivity index (χ3n) is 4.69. The first-order valence-corrected chi connectivity index (χ1v) is 11.0. The molecule has 1 N–H and O–H groups in total. The third-order valence-corrected chi connectivity index (χ3v) is 5.75. The lowest BCUT2D eigenvalue weighted by Crippen LogP contribution is -2.31. The molecule has 27 heavy (non-hydrogen) atoms. The summed E-state index contributed by atoms with van der Waals surface area (Å²) in [4.78, 5) is 23.8. The van der Waals surface area contributed by atoms with Gasteiger partial charge in [-0.25, -0.2) is 14.6 Å². The second-order valence-electron chi connectivity index (χ2n) is 7.28. The lowest BCUT2D eigenvalue weighted by molar-refractivity contribution is -0.124. The number of nitrogens with one attached hydrogen (secondary N) is 1. The van der Waals surface area contributed by atoms with Crippen molar-refractivity contribution >= 4 is 34.5 Å². The molecule has 2 aromatic heterocycles. The van der Waals surface area contributed by atoms with Gasteiger partial charge < -0.3 is 10.2 Å². The van der Waals surface area contributed by atoms with E-state index in [0.717, 1.165) is 47.3 Å². The molecule has 0 spiro atoms. The van der Waals surface area contributed by atoms with Gasteiger partial charge in [0.05, 0.1) is 18.1 Å². The largest absolute Gasteiger partial charge is 0.356 e. The molecule has 0 aromatic carbocycles. The first kappa shape index (κ1) is 19.9. The van der Waals surface area contributed by atoms with E-state index >= 15 is 0 Å². The van der Waals surface area contributed by atoms with E-state index in [1.807, 2.05) is 24.7 Å². The molecule has 0 unspecified atom stereocenters. The average Bonchev–Trinajstić information content (AvgIpc) is 3.09. The number of hydrogen-bond donors (Lipinski definition) is 1. The van der Waals surface area contributed by atoms with Crippen LogP contribution in [0.5, 0.6) is 0 Å². The first-order valence-electron chi connectivity index (χ1n) is 9.99. The minimum Gasteiger partial charge on any atom is -0.356 e. The molecule has 8 heteroatoms. The monoisotopic (exact) mass is 390 g/mol. The molecule has 0 bridgehead atoms. The van der Waals surface area contributed by atoms with E-state index in [1.165, 1.54) is 19.3 Å². The Kier molecular flexibility index (Phi) is 6.93. The van der Waals surface area contributed by atoms with Crippen LogP contribution in [0, 0.1) is 5.92 Å². The summed E-state index contributed by atoms with van der Waals surface area (Å²) in [6.07, 6.45) is 6.66. The Bertz CT molecular complexity index is 769. The average molecular weight is 391 g/mol. The lowest BCUT2D eigenvalue weighted by Gasteiger charge is -2.28. The van der Waals surface area contributed by atoms with Gasteiger partial charge >= 0.3 is 0 Å². The summed E-state index contributed by atoms with van der Waals surface area (Å²) in [5.74, 6) is 2.07. The Hall–Kier alpha value is -1.83. The third kappa shape index (κ3) is 4.91. The zero-order chi connectivity index (χ0) is 19.2. The zero-order valence-electron chi connectivity index (χ0n) is 16.6. The standard InChI is InChI=1S/C19H30N6OS/c1-4-12-27-19-22-16(24-9-6-5-7-10-24)15-13-21-25(17(15)23-19)11-8-20-18(26)14(2)3/h13-14H,4-12H2,1-3H3,(H,20,26). The van der Waals surface area contributed by atoms with Crippen molar-refractivity contribution in [3.05, 3.63) is 6.20 Å². The maximum atomic E-state index is 11.8. The fourth-order valence-corrected chi connectivity index (χ4v) is 3.87. The second kappa shape index (κ2) is 9.39. The number of thioether (sulfide) groups is 1. The summed E-state index contributed by atoms with van der Waals surface area (Å²) < 4.78 is 1.89. The van der Waals surface area contributed by atoms with Crippen LogP contribution in [0.4, 0.5) is 5.82 Å². The number of hydrogen-bond acceptors (Lipinski definition) is 6. The minimum atomic E-state index is -0.00978. The topological polar surface area (TPSA) is 75.9 Å². The predicted molar refractivity (Wildman–Crippen MR) is 110 cm³/mol. The van der Waals surface area contributed by atoms with E-state index in [4.69, 9.17) is 9.97 Å². The fourth-order valence-electron chi connectivity index (χ4n) is 3.18. The van der Waals surface area contributed by atoms with Crippen LogP contribution in [-0.2, 0) is 11.3 Å². The van der Waals surface area contributed by atoms with Crippen LogP contribution in [-0.4, -0.2) is 51.0 Å². The molecular formula is C19H30N6OS. The maximum Gasteiger partial charge on any atom is 0.222 e. The van der Waals surface area contributed by atoms with Crippen molar-refractivity contribution in [3.63, 3.8) is 0 Å². The minimum absolute atomic E-state index is 0.00978. The molecule has 0 radical (unpaired) electrons. The number of anilines is 1. The number of fused-ring (bicyclic) bond motifs is 1. The molecule has 0 aliphatic carbocycles. The summed E-state index contributed by atoms with van der Waals surface area (Å²) in [6, 6.07) is 0. The quantitative estimate of drug-likeness (QED) is 0.551. The Labute approximate surface area is 165 Å². The second-order valence-corrected chi connectivity index (χ2v) is 8.34. The lowest BCUT2D eigenvalue weighted by atomic mass is 10.1. The van der Waals surface area contributed by atoms with Gasteiger partial charge in [0.15, 0.2) is 10.8 Å². The molecule has 0 saturated carbocycles. The van der Waals surface area contributed by atoms with Gasteiger partial charge in [-0.15, -0.1) is 0 Å². The number of amides is 1. The Morgan fingerprint density at radius 3 is 2.74 bits per heavy atom. The summed E-state index contributed by atoms with van der Waals surface area (Å²) >= 11 is 1.70. The van der Waals surface area contributed by atoms with Crippen LogP contribution in [0.15, 0.2) is 11.4 Å². The number of carbonyl (C=O) groups excluding carboxylic acids is 1. The number of nitrogens with zero attached hydrogens (tertiary/aromatic N) is 5. The highest BCUT2D eigenvalue weighted by molar-refractivity contribution is 7.99. The molecule has 1 saturated heterocycles. The van der Waals surface area contributed by atoms with Crippen LogP contribution in [0.3, 0.4) is 0 Å². The molecule has 7 nitrogen and oxygen atoms in total. The van der Waals surface area contributed by atoms with Gasteiger partial charge in [-0.05, 0) is 25.7 Å². The highest BCUT2D eigenvalue weighted by atomic mass is 32.2. The molecule has 1 amide bonds. The van der Waals surface area contributed by atoms with Crippen molar-refractivity contribution in [2.24, 2.45) is 5.92 Å². The van der Waals surface area contributed by atoms with E-state index < -0.39 is 0 Å². The normalized spacial score (nSPS) is 14.9. The van der Waals surface area contributed by atoms with Crippen molar-refractivity contribution in [3.8, 4) is 0 Å². The van der Waals surface area contributed by atoms with Gasteiger partial charge in [0.1, 0.15) is 5.82 Å². The predicted octanol–water partition coefficient (Wildman–Crippen LogP) is 3.09. The van der Waals surface area contributed by atoms with Crippen LogP contribution < -0.4 is 10.2 Å². The summed E-state index contributed by atoms with van der Waals surface area (Å²) in [6.45, 7) is 9.20. The van der Waals surface area contributed by atoms with Gasteiger partial charge in [-0.2, -0.15) is 5.10 Å². The molecule has 1 fully saturated rings.